The lowest BCUT2D eigenvalue weighted by atomic mass is 9.49. The van der Waals surface area contributed by atoms with E-state index >= 15 is 0 Å². The number of hydrogen-bond acceptors (Lipinski definition) is 4. The molecule has 4 heteroatoms. The summed E-state index contributed by atoms with van der Waals surface area (Å²) >= 11 is 3.54. The topological polar surface area (TPSA) is 34.1 Å². The standard InChI is InChI=1S/C36H44O2S2/c1-31(2,3)23-17-35(18-24(27(23)37)32(4,5)6)29-21(13-15-39-29)22-14-16-40-30(22)36(35)19-25(33(7,8)9)28(38)26(20-36)34(10,11)12/h13-20H,1-12H3. The first-order valence-corrected chi connectivity index (χ1v) is 16.1. The fourth-order valence-electron chi connectivity index (χ4n) is 6.57. The normalized spacial score (nSPS) is 20.6. The molecule has 40 heavy (non-hydrogen) atoms. The van der Waals surface area contributed by atoms with Gasteiger partial charge in [-0.3, -0.25) is 9.59 Å². The van der Waals surface area contributed by atoms with Crippen LogP contribution >= 0.6 is 22.7 Å². The minimum absolute atomic E-state index is 0.141. The second-order valence-electron chi connectivity index (χ2n) is 16.0. The summed E-state index contributed by atoms with van der Waals surface area (Å²) in [5, 5.41) is 4.38. The zero-order valence-corrected chi connectivity index (χ0v) is 27.9. The highest BCUT2D eigenvalue weighted by Crippen LogP contribution is 2.65. The molecule has 2 nitrogen and oxygen atoms in total. The fourth-order valence-corrected chi connectivity index (χ4v) is 8.83. The highest BCUT2D eigenvalue weighted by Gasteiger charge is 2.60. The number of allylic oxidation sites excluding steroid dienone is 8. The van der Waals surface area contributed by atoms with Crippen LogP contribution in [-0.2, 0) is 20.4 Å². The third-order valence-electron chi connectivity index (χ3n) is 8.76. The molecule has 2 aromatic rings. The second kappa shape index (κ2) is 8.61. The van der Waals surface area contributed by atoms with Crippen LogP contribution in [0.2, 0.25) is 0 Å². The lowest BCUT2D eigenvalue weighted by molar-refractivity contribution is -0.115. The summed E-state index contributed by atoms with van der Waals surface area (Å²) in [6.07, 6.45) is 9.19. The van der Waals surface area contributed by atoms with Crippen LogP contribution in [0.4, 0.5) is 0 Å². The van der Waals surface area contributed by atoms with E-state index in [1.807, 2.05) is 0 Å². The van der Waals surface area contributed by atoms with Crippen molar-refractivity contribution >= 4 is 34.2 Å². The zero-order valence-electron chi connectivity index (χ0n) is 26.3. The number of ketones is 2. The molecule has 0 unspecified atom stereocenters. The number of carbonyl (C=O) groups excluding carboxylic acids is 2. The molecule has 3 aliphatic carbocycles. The molecule has 0 amide bonds. The van der Waals surface area contributed by atoms with Crippen molar-refractivity contribution in [3.8, 4) is 11.1 Å². The van der Waals surface area contributed by atoms with E-state index in [1.54, 1.807) is 22.7 Å². The molecule has 0 radical (unpaired) electrons. The molecule has 5 rings (SSSR count). The van der Waals surface area contributed by atoms with Crippen molar-refractivity contribution in [1.29, 1.82) is 0 Å². The van der Waals surface area contributed by atoms with Gasteiger partial charge in [0.1, 0.15) is 0 Å². The van der Waals surface area contributed by atoms with Crippen molar-refractivity contribution in [3.63, 3.8) is 0 Å². The molecule has 0 saturated heterocycles. The van der Waals surface area contributed by atoms with Gasteiger partial charge in [0.25, 0.3) is 0 Å². The van der Waals surface area contributed by atoms with Crippen molar-refractivity contribution in [2.45, 2.75) is 93.9 Å². The van der Waals surface area contributed by atoms with Gasteiger partial charge < -0.3 is 0 Å². The Bertz CT molecular complexity index is 1360. The largest absolute Gasteiger partial charge is 0.289 e. The summed E-state index contributed by atoms with van der Waals surface area (Å²) < 4.78 is 0. The molecule has 3 aliphatic rings. The molecule has 0 N–H and O–H groups in total. The minimum atomic E-state index is -0.652. The lowest BCUT2D eigenvalue weighted by Crippen LogP contribution is -2.52. The molecule has 0 saturated carbocycles. The molecule has 212 valence electrons. The Labute approximate surface area is 249 Å². The maximum Gasteiger partial charge on any atom is 0.185 e. The first-order chi connectivity index (χ1) is 18.2. The molecule has 0 aromatic carbocycles. The number of fused-ring (bicyclic) bond motifs is 6. The van der Waals surface area contributed by atoms with E-state index in [9.17, 15) is 9.59 Å². The van der Waals surface area contributed by atoms with Crippen LogP contribution in [-0.4, -0.2) is 11.6 Å². The number of rotatable bonds is 0. The van der Waals surface area contributed by atoms with Crippen LogP contribution < -0.4 is 0 Å². The van der Waals surface area contributed by atoms with Gasteiger partial charge >= 0.3 is 0 Å². The molecule has 2 heterocycles. The van der Waals surface area contributed by atoms with Gasteiger partial charge in [0.15, 0.2) is 11.6 Å². The van der Waals surface area contributed by atoms with E-state index in [0.29, 0.717) is 0 Å². The summed E-state index contributed by atoms with van der Waals surface area (Å²) in [4.78, 5) is 31.0. The van der Waals surface area contributed by atoms with E-state index in [-0.39, 0.29) is 33.2 Å². The number of Topliss-reactive ketones (excluding diaryl/α,β-unsaturated/α-hetero) is 2. The fraction of sp³-hybridized carbons (Fsp3) is 0.500. The van der Waals surface area contributed by atoms with Crippen molar-refractivity contribution in [2.75, 3.05) is 0 Å². The van der Waals surface area contributed by atoms with Gasteiger partial charge in [-0.05, 0) is 55.7 Å². The van der Waals surface area contributed by atoms with E-state index in [4.69, 9.17) is 0 Å². The van der Waals surface area contributed by atoms with Gasteiger partial charge in [-0.1, -0.05) is 107 Å². The van der Waals surface area contributed by atoms with Gasteiger partial charge in [-0.2, -0.15) is 0 Å². The quantitative estimate of drug-likeness (QED) is 0.315. The molecular formula is C36H44O2S2. The van der Waals surface area contributed by atoms with Crippen LogP contribution in [0.5, 0.6) is 0 Å². The van der Waals surface area contributed by atoms with Crippen LogP contribution in [0.15, 0.2) is 69.5 Å². The average molecular weight is 573 g/mol. The van der Waals surface area contributed by atoms with Crippen molar-refractivity contribution in [1.82, 2.24) is 0 Å². The molecule has 2 spiro atoms. The number of thiophene rings is 2. The summed E-state index contributed by atoms with van der Waals surface area (Å²) in [7, 11) is 0. The highest BCUT2D eigenvalue weighted by molar-refractivity contribution is 7.12. The van der Waals surface area contributed by atoms with Gasteiger partial charge in [0, 0.05) is 32.0 Å². The summed E-state index contributed by atoms with van der Waals surface area (Å²) in [5.41, 5.74) is 3.20. The first-order valence-electron chi connectivity index (χ1n) is 14.3. The van der Waals surface area contributed by atoms with Crippen LogP contribution in [0.3, 0.4) is 0 Å². The van der Waals surface area contributed by atoms with Crippen molar-refractivity contribution < 1.29 is 9.59 Å². The lowest BCUT2D eigenvalue weighted by Gasteiger charge is -2.53. The predicted molar refractivity (Wildman–Crippen MR) is 171 cm³/mol. The molecule has 0 atom stereocenters. The second-order valence-corrected chi connectivity index (χ2v) is 17.8. The van der Waals surface area contributed by atoms with Crippen molar-refractivity contribution in [2.24, 2.45) is 21.7 Å². The first kappa shape index (κ1) is 29.2. The maximum atomic E-state index is 14.2. The van der Waals surface area contributed by atoms with Gasteiger partial charge in [-0.25, -0.2) is 0 Å². The van der Waals surface area contributed by atoms with Gasteiger partial charge in [-0.15, -0.1) is 22.7 Å². The Kier molecular flexibility index (Phi) is 6.29. The SMILES string of the molecule is CC(C)(C)C1=CC2(C=C(C(C)(C)C)C1=O)c1sccc1-c1ccsc1C21C=C(C(C)(C)C)C(=O)C(C(C)(C)C)=C1. The Balaban J connectivity index is 2.06. The smallest absolute Gasteiger partial charge is 0.185 e. The Morgan fingerprint density at radius 1 is 0.475 bits per heavy atom. The summed E-state index contributed by atoms with van der Waals surface area (Å²) in [6.45, 7) is 25.8. The molecular weight excluding hydrogens is 529 g/mol. The number of hydrogen-bond donors (Lipinski definition) is 0. The van der Waals surface area contributed by atoms with E-state index in [2.05, 4.69) is 130 Å². The molecule has 0 fully saturated rings. The monoisotopic (exact) mass is 572 g/mol. The Morgan fingerprint density at radius 3 is 0.950 bits per heavy atom. The predicted octanol–water partition coefficient (Wildman–Crippen LogP) is 10.0. The van der Waals surface area contributed by atoms with Crippen LogP contribution in [0, 0.1) is 21.7 Å². The number of carbonyl (C=O) groups is 2. The van der Waals surface area contributed by atoms with E-state index in [1.165, 1.54) is 20.9 Å². The van der Waals surface area contributed by atoms with E-state index < -0.39 is 10.8 Å². The van der Waals surface area contributed by atoms with Crippen LogP contribution in [0.25, 0.3) is 11.1 Å². The third kappa shape index (κ3) is 4.08. The van der Waals surface area contributed by atoms with Crippen molar-refractivity contribution in [3.05, 3.63) is 79.2 Å². The molecule has 0 aliphatic heterocycles. The Hall–Kier alpha value is -2.30. The maximum absolute atomic E-state index is 14.2. The van der Waals surface area contributed by atoms with E-state index in [0.717, 1.165) is 22.3 Å². The third-order valence-corrected chi connectivity index (χ3v) is 10.9. The zero-order chi connectivity index (χ0) is 29.8. The van der Waals surface area contributed by atoms with Gasteiger partial charge in [0.2, 0.25) is 0 Å². The molecule has 0 bridgehead atoms. The Morgan fingerprint density at radius 2 is 0.725 bits per heavy atom. The highest BCUT2D eigenvalue weighted by atomic mass is 32.1. The van der Waals surface area contributed by atoms with Crippen LogP contribution in [0.1, 0.15) is 92.8 Å². The summed E-state index contributed by atoms with van der Waals surface area (Å²) in [6, 6.07) is 4.48. The average Bonchev–Trinajstić information content (AvgIpc) is 3.46. The summed E-state index contributed by atoms with van der Waals surface area (Å²) in [5.74, 6) is 0.283. The van der Waals surface area contributed by atoms with Gasteiger partial charge in [0.05, 0.1) is 10.8 Å². The molecule has 2 aromatic heterocycles. The minimum Gasteiger partial charge on any atom is -0.289 e.